The zero-order chi connectivity index (χ0) is 13.7. The van der Waals surface area contributed by atoms with Gasteiger partial charge < -0.3 is 15.2 Å². The van der Waals surface area contributed by atoms with Crippen molar-refractivity contribution >= 4 is 11.9 Å². The summed E-state index contributed by atoms with van der Waals surface area (Å²) in [6.07, 6.45) is -1.12. The van der Waals surface area contributed by atoms with E-state index in [2.05, 4.69) is 10.1 Å². The minimum atomic E-state index is -1.17. The van der Waals surface area contributed by atoms with Gasteiger partial charge in [-0.3, -0.25) is 4.79 Å². The lowest BCUT2D eigenvalue weighted by atomic mass is 10.1. The fraction of sp³-hybridized carbons (Fsp3) is 0.333. The molecule has 0 saturated carbocycles. The first-order chi connectivity index (χ1) is 8.45. The van der Waals surface area contributed by atoms with Crippen molar-refractivity contribution in [2.75, 3.05) is 13.7 Å². The maximum atomic E-state index is 13.2. The van der Waals surface area contributed by atoms with Crippen LogP contribution < -0.4 is 5.32 Å². The van der Waals surface area contributed by atoms with E-state index in [9.17, 15) is 14.0 Å². The van der Waals surface area contributed by atoms with E-state index in [1.165, 1.54) is 19.2 Å². The number of ether oxygens (including phenoxy) is 1. The Balaban J connectivity index is 2.65. The molecule has 0 radical (unpaired) electrons. The molecule has 0 aliphatic carbocycles. The summed E-state index contributed by atoms with van der Waals surface area (Å²) in [5.41, 5.74) is 0.574. The quantitative estimate of drug-likeness (QED) is 0.821. The molecule has 18 heavy (non-hydrogen) atoms. The second-order valence-electron chi connectivity index (χ2n) is 3.74. The van der Waals surface area contributed by atoms with Crippen molar-refractivity contribution in [2.45, 2.75) is 13.0 Å². The molecule has 1 aromatic carbocycles. The summed E-state index contributed by atoms with van der Waals surface area (Å²) in [5.74, 6) is -2.20. The molecule has 98 valence electrons. The maximum Gasteiger partial charge on any atom is 0.334 e. The first-order valence-electron chi connectivity index (χ1n) is 5.25. The van der Waals surface area contributed by atoms with Gasteiger partial charge in [0.25, 0.3) is 5.91 Å². The monoisotopic (exact) mass is 255 g/mol. The van der Waals surface area contributed by atoms with Gasteiger partial charge in [0.15, 0.2) is 6.10 Å². The third-order valence-corrected chi connectivity index (χ3v) is 2.44. The van der Waals surface area contributed by atoms with Crippen LogP contribution in [0.4, 0.5) is 4.39 Å². The number of aryl methyl sites for hydroxylation is 1. The zero-order valence-electron chi connectivity index (χ0n) is 10.1. The average molecular weight is 255 g/mol. The van der Waals surface area contributed by atoms with E-state index in [1.54, 1.807) is 6.92 Å². The van der Waals surface area contributed by atoms with Crippen LogP contribution in [0.1, 0.15) is 15.9 Å². The molecule has 1 atom stereocenters. The molecule has 0 bridgehead atoms. The fourth-order valence-electron chi connectivity index (χ4n) is 1.29. The molecule has 1 aromatic rings. The Bertz CT molecular complexity index is 461. The molecule has 0 saturated heterocycles. The summed E-state index contributed by atoms with van der Waals surface area (Å²) in [7, 11) is 1.23. The normalized spacial score (nSPS) is 11.9. The Morgan fingerprint density at radius 1 is 1.50 bits per heavy atom. The smallest absolute Gasteiger partial charge is 0.334 e. The van der Waals surface area contributed by atoms with Crippen molar-refractivity contribution in [3.8, 4) is 0 Å². The highest BCUT2D eigenvalue weighted by Crippen LogP contribution is 2.09. The molecule has 1 rings (SSSR count). The SMILES string of the molecule is COC(CNC(=O)c1ccc(C)c(F)c1)C(=O)O. The van der Waals surface area contributed by atoms with Gasteiger partial charge in [-0.15, -0.1) is 0 Å². The van der Waals surface area contributed by atoms with E-state index in [4.69, 9.17) is 5.11 Å². The average Bonchev–Trinajstić information content (AvgIpc) is 2.32. The Morgan fingerprint density at radius 3 is 2.67 bits per heavy atom. The molecule has 6 heteroatoms. The Morgan fingerprint density at radius 2 is 2.17 bits per heavy atom. The van der Waals surface area contributed by atoms with E-state index < -0.39 is 23.8 Å². The topological polar surface area (TPSA) is 75.6 Å². The van der Waals surface area contributed by atoms with Crippen LogP contribution in [0.2, 0.25) is 0 Å². The van der Waals surface area contributed by atoms with Gasteiger partial charge in [0.05, 0.1) is 6.54 Å². The fourth-order valence-corrected chi connectivity index (χ4v) is 1.29. The summed E-state index contributed by atoms with van der Waals surface area (Å²) in [6, 6.07) is 4.05. The molecule has 0 fully saturated rings. The standard InChI is InChI=1S/C12H14FNO4/c1-7-3-4-8(5-9(7)13)11(15)14-6-10(18-2)12(16)17/h3-5,10H,6H2,1-2H3,(H,14,15)(H,16,17). The number of nitrogens with one attached hydrogen (secondary N) is 1. The highest BCUT2D eigenvalue weighted by Gasteiger charge is 2.17. The van der Waals surface area contributed by atoms with Crippen molar-refractivity contribution in [3.05, 3.63) is 35.1 Å². The van der Waals surface area contributed by atoms with Gasteiger partial charge in [-0.25, -0.2) is 9.18 Å². The van der Waals surface area contributed by atoms with Crippen LogP contribution in [0, 0.1) is 12.7 Å². The van der Waals surface area contributed by atoms with Gasteiger partial charge >= 0.3 is 5.97 Å². The number of carboxylic acids is 1. The molecule has 1 amide bonds. The number of methoxy groups -OCH3 is 1. The lowest BCUT2D eigenvalue weighted by molar-refractivity contribution is -0.148. The van der Waals surface area contributed by atoms with E-state index in [0.717, 1.165) is 6.07 Å². The number of hydrogen-bond donors (Lipinski definition) is 2. The van der Waals surface area contributed by atoms with E-state index in [1.807, 2.05) is 0 Å². The van der Waals surface area contributed by atoms with Gasteiger partial charge in [0.1, 0.15) is 5.82 Å². The van der Waals surface area contributed by atoms with Crippen LogP contribution in [0.5, 0.6) is 0 Å². The Hall–Kier alpha value is -1.95. The van der Waals surface area contributed by atoms with E-state index >= 15 is 0 Å². The minimum Gasteiger partial charge on any atom is -0.479 e. The van der Waals surface area contributed by atoms with Crippen molar-refractivity contribution < 1.29 is 23.8 Å². The Labute approximate surface area is 104 Å². The molecule has 0 spiro atoms. The molecular formula is C12H14FNO4. The first kappa shape index (κ1) is 14.1. The van der Waals surface area contributed by atoms with Crippen LogP contribution in [0.25, 0.3) is 0 Å². The second-order valence-corrected chi connectivity index (χ2v) is 3.74. The Kier molecular flexibility index (Phi) is 4.79. The number of benzene rings is 1. The van der Waals surface area contributed by atoms with Crippen molar-refractivity contribution in [1.29, 1.82) is 0 Å². The van der Waals surface area contributed by atoms with Crippen molar-refractivity contribution in [3.63, 3.8) is 0 Å². The predicted octanol–water partition coefficient (Wildman–Crippen LogP) is 0.964. The van der Waals surface area contributed by atoms with Crippen LogP contribution in [-0.2, 0) is 9.53 Å². The summed E-state index contributed by atoms with van der Waals surface area (Å²) < 4.78 is 17.9. The highest BCUT2D eigenvalue weighted by molar-refractivity contribution is 5.94. The van der Waals surface area contributed by atoms with Crippen LogP contribution in [0.15, 0.2) is 18.2 Å². The van der Waals surface area contributed by atoms with Crippen molar-refractivity contribution in [2.24, 2.45) is 0 Å². The van der Waals surface area contributed by atoms with Crippen LogP contribution >= 0.6 is 0 Å². The van der Waals surface area contributed by atoms with Gasteiger partial charge in [-0.05, 0) is 24.6 Å². The second kappa shape index (κ2) is 6.11. The first-order valence-corrected chi connectivity index (χ1v) is 5.25. The summed E-state index contributed by atoms with van der Waals surface area (Å²) in [5, 5.41) is 11.1. The molecule has 0 aliphatic heterocycles. The summed E-state index contributed by atoms with van der Waals surface area (Å²) in [6.45, 7) is 1.41. The molecule has 1 unspecified atom stereocenters. The largest absolute Gasteiger partial charge is 0.479 e. The third-order valence-electron chi connectivity index (χ3n) is 2.44. The molecule has 0 aliphatic rings. The van der Waals surface area contributed by atoms with Crippen LogP contribution in [-0.4, -0.2) is 36.7 Å². The van der Waals surface area contributed by atoms with Gasteiger partial charge in [0, 0.05) is 12.7 Å². The molecular weight excluding hydrogens is 241 g/mol. The predicted molar refractivity (Wildman–Crippen MR) is 61.9 cm³/mol. The zero-order valence-corrected chi connectivity index (χ0v) is 10.1. The van der Waals surface area contributed by atoms with Crippen LogP contribution in [0.3, 0.4) is 0 Å². The van der Waals surface area contributed by atoms with Gasteiger partial charge in [-0.1, -0.05) is 6.07 Å². The number of carbonyl (C=O) groups is 2. The number of amides is 1. The number of hydrogen-bond acceptors (Lipinski definition) is 3. The summed E-state index contributed by atoms with van der Waals surface area (Å²) in [4.78, 5) is 22.3. The number of carbonyl (C=O) groups excluding carboxylic acids is 1. The number of aliphatic carboxylic acids is 1. The van der Waals surface area contributed by atoms with Gasteiger partial charge in [0.2, 0.25) is 0 Å². The molecule has 0 heterocycles. The number of halogens is 1. The lowest BCUT2D eigenvalue weighted by Crippen LogP contribution is -2.37. The maximum absolute atomic E-state index is 13.2. The number of carboxylic acid groups (broad SMARTS) is 1. The van der Waals surface area contributed by atoms with E-state index in [0.29, 0.717) is 5.56 Å². The molecule has 5 nitrogen and oxygen atoms in total. The van der Waals surface area contributed by atoms with E-state index in [-0.39, 0.29) is 12.1 Å². The lowest BCUT2D eigenvalue weighted by Gasteiger charge is -2.11. The third kappa shape index (κ3) is 3.53. The molecule has 0 aromatic heterocycles. The van der Waals surface area contributed by atoms with Crippen molar-refractivity contribution in [1.82, 2.24) is 5.32 Å². The number of rotatable bonds is 5. The summed E-state index contributed by atoms with van der Waals surface area (Å²) >= 11 is 0. The molecule has 2 N–H and O–H groups in total. The minimum absolute atomic E-state index is 0.137. The van der Waals surface area contributed by atoms with Gasteiger partial charge in [-0.2, -0.15) is 0 Å². The highest BCUT2D eigenvalue weighted by atomic mass is 19.1.